The lowest BCUT2D eigenvalue weighted by Gasteiger charge is -2.32. The molecule has 13 heterocycles. The van der Waals surface area contributed by atoms with Gasteiger partial charge in [-0.05, 0) is 244 Å². The lowest BCUT2D eigenvalue weighted by molar-refractivity contribution is -0.119. The third kappa shape index (κ3) is 25.8. The van der Waals surface area contributed by atoms with E-state index in [9.17, 15) is 27.2 Å². The van der Waals surface area contributed by atoms with Gasteiger partial charge in [0.25, 0.3) is 0 Å². The summed E-state index contributed by atoms with van der Waals surface area (Å²) < 4.78 is 62.4. The molecular formula is C102H113F4N27O2. The zero-order valence-electron chi connectivity index (χ0n) is 78.7. The molecule has 1 saturated heterocycles. The minimum absolute atomic E-state index is 0.0695. The Morgan fingerprint density at radius 3 is 1.01 bits per heavy atom. The van der Waals surface area contributed by atoms with Crippen LogP contribution < -0.4 is 27.0 Å². The van der Waals surface area contributed by atoms with E-state index in [1.807, 2.05) is 124 Å². The van der Waals surface area contributed by atoms with Crippen molar-refractivity contribution >= 4 is 58.2 Å². The number of nitriles is 1. The summed E-state index contributed by atoms with van der Waals surface area (Å²) in [7, 11) is 9.93. The van der Waals surface area contributed by atoms with Crippen LogP contribution in [0.25, 0.3) is 113 Å². The summed E-state index contributed by atoms with van der Waals surface area (Å²) in [5.74, 6) is 0.0404. The van der Waals surface area contributed by atoms with Crippen molar-refractivity contribution < 1.29 is 27.2 Å². The highest BCUT2D eigenvalue weighted by Gasteiger charge is 2.27. The van der Waals surface area contributed by atoms with Gasteiger partial charge < -0.3 is 31.5 Å². The number of benzene rings is 4. The number of hydrogen-bond donors (Lipinski definition) is 5. The quantitative estimate of drug-likeness (QED) is 0.0248. The van der Waals surface area contributed by atoms with E-state index in [1.54, 1.807) is 79.4 Å². The molecule has 29 nitrogen and oxygen atoms in total. The number of rotatable bonds is 26. The van der Waals surface area contributed by atoms with Gasteiger partial charge in [0.05, 0.1) is 87.5 Å². The number of imidazole rings is 4. The molecule has 0 unspecified atom stereocenters. The number of amides is 2. The summed E-state index contributed by atoms with van der Waals surface area (Å²) in [5, 5.41) is 21.5. The number of pyridine rings is 4. The molecular weight excluding hydrogens is 1710 g/mol. The van der Waals surface area contributed by atoms with E-state index in [4.69, 9.17) is 45.9 Å². The second kappa shape index (κ2) is 42.5. The van der Waals surface area contributed by atoms with Crippen molar-refractivity contribution in [3.8, 4) is 96.7 Å². The van der Waals surface area contributed by atoms with Crippen molar-refractivity contribution in [2.24, 2.45) is 22.0 Å². The van der Waals surface area contributed by atoms with Crippen LogP contribution in [0, 0.1) is 50.8 Å². The number of nitrogens with one attached hydrogen (secondary N) is 4. The van der Waals surface area contributed by atoms with Crippen LogP contribution in [0.5, 0.6) is 0 Å². The fraction of sp³-hybridized carbons (Fsp3) is 0.304. The largest absolute Gasteiger partial charge is 0.369 e. The molecule has 33 heteroatoms. The van der Waals surface area contributed by atoms with Gasteiger partial charge >= 0.3 is 0 Å². The zero-order chi connectivity index (χ0) is 96.0. The minimum Gasteiger partial charge on any atom is -0.369 e. The lowest BCUT2D eigenvalue weighted by Crippen LogP contribution is -2.43. The Kier molecular flexibility index (Phi) is 30.3. The van der Waals surface area contributed by atoms with E-state index in [0.717, 1.165) is 149 Å². The summed E-state index contributed by atoms with van der Waals surface area (Å²) in [6, 6.07) is 51.1. The smallest absolute Gasteiger partial charge is 0.231 e. The third-order valence-corrected chi connectivity index (χ3v) is 21.6. The van der Waals surface area contributed by atoms with Crippen molar-refractivity contribution in [1.82, 2.24) is 102 Å². The van der Waals surface area contributed by atoms with E-state index in [-0.39, 0.29) is 63.8 Å². The van der Waals surface area contributed by atoms with Crippen molar-refractivity contribution in [3.05, 3.63) is 265 Å². The molecule has 0 spiro atoms. The Bertz CT molecular complexity index is 6860. The van der Waals surface area contributed by atoms with Crippen LogP contribution in [0.2, 0.25) is 0 Å². The Morgan fingerprint density at radius 2 is 0.704 bits per heavy atom. The molecule has 1 aliphatic heterocycles. The van der Waals surface area contributed by atoms with Crippen LogP contribution in [0.3, 0.4) is 0 Å². The van der Waals surface area contributed by atoms with Gasteiger partial charge in [0.2, 0.25) is 35.6 Å². The van der Waals surface area contributed by atoms with Crippen LogP contribution in [-0.4, -0.2) is 208 Å². The third-order valence-electron chi connectivity index (χ3n) is 21.6. The van der Waals surface area contributed by atoms with Gasteiger partial charge in [0.15, 0.2) is 0 Å². The van der Waals surface area contributed by atoms with Gasteiger partial charge in [-0.1, -0.05) is 62.3 Å². The molecule has 1 aliphatic rings. The number of nitrogens with two attached hydrogens (primary N) is 1. The molecule has 1 fully saturated rings. The number of hydrogen-bond acceptors (Lipinski definition) is 23. The summed E-state index contributed by atoms with van der Waals surface area (Å²) in [4.78, 5) is 89.1. The van der Waals surface area contributed by atoms with E-state index in [2.05, 4.69) is 159 Å². The Balaban J connectivity index is 0.000000145. The monoisotopic (exact) mass is 1820 g/mol. The standard InChI is InChI=1S/C28H34FN7.C26H30FN7O.C26H28FN7.C22H21FN6O/c1-28(2,3)19-31-27-30-11-9-23(32-27)26-25(21-5-7-22(29)8-6-21)33-24-17-20(10-12-36(24)26)18-35-15-13-34(4)14-16-35;1-26(2,3)16-30-25-29-11-9-20(31-25)24-23(18-5-7-19(27)8-6-18)32-22-13-17(10-12-34(22)24)14-33(4)15-21(28)35;1-26(2,3)17-30-25-29-12-9-21(31-25)24-23(19-5-7-20(27)8-6-19)32-22-15-18(10-13-34(22)24)16-33(4)14-11-28;1-14(30)25-22-24-10-8-18(26-22)21-20(16-4-6-17(23)7-5-16)27-19-12-15(13-28(2)3)9-11-29(19)21/h5-12,17H,13-16,18-19H2,1-4H3,(H,30,31,32);5-13H,14-16H2,1-4H3,(H2,28,35)(H,29,30,31);5-10,12-13,15H,14,16-17H2,1-4H3,(H,29,30,31);4-12H,13H2,1-3H3,(H,24,25,26,30). The average Bonchev–Trinajstić information content (AvgIpc) is 1.62. The first-order valence-corrected chi connectivity index (χ1v) is 44.5. The maximum atomic E-state index is 13.7. The molecule has 0 saturated carbocycles. The molecule has 0 aliphatic carbocycles. The van der Waals surface area contributed by atoms with Crippen LogP contribution in [0.4, 0.5) is 41.4 Å². The molecule has 17 rings (SSSR count). The Hall–Kier alpha value is -14.7. The van der Waals surface area contributed by atoms with Crippen molar-refractivity contribution in [2.75, 3.05) is 115 Å². The van der Waals surface area contributed by atoms with E-state index >= 15 is 0 Å². The summed E-state index contributed by atoms with van der Waals surface area (Å²) in [6.45, 7) is 30.6. The van der Waals surface area contributed by atoms with Crippen LogP contribution in [-0.2, 0) is 35.8 Å². The Morgan fingerprint density at radius 1 is 0.407 bits per heavy atom. The number of carbonyl (C=O) groups excluding carboxylic acids is 2. The fourth-order valence-corrected chi connectivity index (χ4v) is 15.2. The zero-order valence-corrected chi connectivity index (χ0v) is 78.7. The molecule has 2 amide bonds. The summed E-state index contributed by atoms with van der Waals surface area (Å²) >= 11 is 0. The molecule has 0 atom stereocenters. The van der Waals surface area contributed by atoms with Crippen LogP contribution >= 0.6 is 0 Å². The van der Waals surface area contributed by atoms with Gasteiger partial charge in [0.1, 0.15) is 45.9 Å². The van der Waals surface area contributed by atoms with Gasteiger partial charge in [-0.25, -0.2) is 77.4 Å². The highest BCUT2D eigenvalue weighted by Crippen LogP contribution is 2.39. The molecule has 0 bridgehead atoms. The first kappa shape index (κ1) is 96.4. The number of aromatic nitrogens is 16. The van der Waals surface area contributed by atoms with E-state index in [1.165, 1.54) is 61.0 Å². The normalized spacial score (nSPS) is 12.6. The number of anilines is 4. The van der Waals surface area contributed by atoms with Gasteiger partial charge in [-0.15, -0.1) is 0 Å². The van der Waals surface area contributed by atoms with Crippen molar-refractivity contribution in [1.29, 1.82) is 5.26 Å². The molecule has 16 aromatic rings. The lowest BCUT2D eigenvalue weighted by atomic mass is 9.97. The first-order valence-electron chi connectivity index (χ1n) is 44.5. The fourth-order valence-electron chi connectivity index (χ4n) is 15.2. The van der Waals surface area contributed by atoms with Crippen LogP contribution in [0.15, 0.2) is 219 Å². The highest BCUT2D eigenvalue weighted by molar-refractivity contribution is 5.88. The number of halogens is 4. The summed E-state index contributed by atoms with van der Waals surface area (Å²) in [5.41, 5.74) is 25.0. The number of fused-ring (bicyclic) bond motifs is 4. The number of likely N-dealkylation sites (N-methyl/N-ethyl adjacent to an activating group) is 2. The molecule has 0 radical (unpaired) electrons. The van der Waals surface area contributed by atoms with Crippen molar-refractivity contribution in [3.63, 3.8) is 0 Å². The maximum Gasteiger partial charge on any atom is 0.231 e. The van der Waals surface area contributed by atoms with Gasteiger partial charge in [-0.3, -0.25) is 47.2 Å². The van der Waals surface area contributed by atoms with Crippen molar-refractivity contribution in [2.45, 2.75) is 95.4 Å². The first-order chi connectivity index (χ1) is 64.5. The Labute approximate surface area is 782 Å². The number of primary amides is 1. The average molecular weight is 1830 g/mol. The molecule has 135 heavy (non-hydrogen) atoms. The minimum atomic E-state index is -0.380. The van der Waals surface area contributed by atoms with Gasteiger partial charge in [0, 0.05) is 151 Å². The topological polar surface area (TPSA) is 321 Å². The molecule has 12 aromatic heterocycles. The predicted molar refractivity (Wildman–Crippen MR) is 522 cm³/mol. The summed E-state index contributed by atoms with van der Waals surface area (Å²) in [6.07, 6.45) is 14.7. The molecule has 6 N–H and O–H groups in total. The number of nitrogens with zero attached hydrogens (tertiary/aromatic N) is 22. The number of carbonyl (C=O) groups is 2. The predicted octanol–water partition coefficient (Wildman–Crippen LogP) is 17.4. The van der Waals surface area contributed by atoms with E-state index in [0.29, 0.717) is 77.3 Å². The highest BCUT2D eigenvalue weighted by atomic mass is 19.1. The second-order valence-electron chi connectivity index (χ2n) is 37.6. The second-order valence-corrected chi connectivity index (χ2v) is 37.6. The maximum absolute atomic E-state index is 13.7. The van der Waals surface area contributed by atoms with Crippen LogP contribution in [0.1, 0.15) is 91.5 Å². The van der Waals surface area contributed by atoms with Gasteiger partial charge in [-0.2, -0.15) is 5.26 Å². The van der Waals surface area contributed by atoms with E-state index < -0.39 is 0 Å². The SMILES string of the molecule is CC(=O)Nc1nccc(-c2c(-c3ccc(F)cc3)nc3cc(CN(C)C)ccn23)n1.CN(CC#N)Cc1ccn2c(-c3ccnc(NCC(C)(C)C)n3)c(-c3ccc(F)cc3)nc2c1.CN(CC(N)=O)Cc1ccn2c(-c3ccnc(NCC(C)(C)C)n3)c(-c3ccc(F)cc3)nc2c1.CN1CCN(Cc2ccn3c(-c4ccnc(NCC(C)(C)C)n4)c(-c4ccc(F)cc4)nc3c2)CC1. The number of piperazine rings is 1. The molecule has 4 aromatic carbocycles. The molecule has 696 valence electrons.